The van der Waals surface area contributed by atoms with Crippen LogP contribution >= 0.6 is 23.1 Å². The van der Waals surface area contributed by atoms with Crippen LogP contribution in [0.1, 0.15) is 6.92 Å². The molecule has 0 aliphatic rings. The normalized spacial score (nSPS) is 11.8. The van der Waals surface area contributed by atoms with Crippen LogP contribution < -0.4 is 5.32 Å². The molecule has 0 fully saturated rings. The van der Waals surface area contributed by atoms with Gasteiger partial charge in [0.1, 0.15) is 6.33 Å². The fraction of sp³-hybridized carbons (Fsp3) is 0.100. The zero-order valence-corrected chi connectivity index (χ0v) is 17.8. The maximum absolute atomic E-state index is 12.7. The van der Waals surface area contributed by atoms with E-state index in [-0.39, 0.29) is 11.6 Å². The maximum Gasteiger partial charge on any atom is 0.270 e. The van der Waals surface area contributed by atoms with Crippen LogP contribution in [0.25, 0.3) is 16.9 Å². The molecular formula is C20H16N6O3S2. The molecule has 0 saturated carbocycles. The average molecular weight is 453 g/mol. The van der Waals surface area contributed by atoms with Crippen molar-refractivity contribution >= 4 is 39.8 Å². The SMILES string of the molecule is C[C@@H](Sc1nncn1-c1ccccc1)C(=O)Nc1nc(-c2cccc([N+](=O)[O-])c2)cs1. The number of hydrogen-bond acceptors (Lipinski definition) is 8. The summed E-state index contributed by atoms with van der Waals surface area (Å²) < 4.78 is 1.82. The number of thiazole rings is 1. The van der Waals surface area contributed by atoms with E-state index >= 15 is 0 Å². The first kappa shape index (κ1) is 20.7. The number of rotatable bonds is 7. The Labute approximate surface area is 185 Å². The fourth-order valence-corrected chi connectivity index (χ4v) is 4.30. The van der Waals surface area contributed by atoms with E-state index in [1.807, 2.05) is 34.9 Å². The molecule has 4 rings (SSSR count). The highest BCUT2D eigenvalue weighted by molar-refractivity contribution is 8.00. The Morgan fingerprint density at radius 3 is 2.81 bits per heavy atom. The molecule has 0 unspecified atom stereocenters. The third-order valence-electron chi connectivity index (χ3n) is 4.29. The lowest BCUT2D eigenvalue weighted by Crippen LogP contribution is -2.22. The molecule has 0 saturated heterocycles. The number of carbonyl (C=O) groups excluding carboxylic acids is 1. The van der Waals surface area contributed by atoms with Gasteiger partial charge in [-0.1, -0.05) is 42.1 Å². The van der Waals surface area contributed by atoms with Crippen molar-refractivity contribution in [3.63, 3.8) is 0 Å². The molecule has 0 spiro atoms. The molecule has 2 aromatic heterocycles. The molecule has 0 bridgehead atoms. The summed E-state index contributed by atoms with van der Waals surface area (Å²) in [5.74, 6) is -0.229. The van der Waals surface area contributed by atoms with Crippen LogP contribution in [0, 0.1) is 10.1 Å². The Morgan fingerprint density at radius 1 is 1.23 bits per heavy atom. The molecule has 2 aromatic carbocycles. The highest BCUT2D eigenvalue weighted by atomic mass is 32.2. The standard InChI is InChI=1S/C20H16N6O3S2/c1-13(31-20-24-21-12-25(20)15-7-3-2-4-8-15)18(27)23-19-22-17(11-30-19)14-6-5-9-16(10-14)26(28)29/h2-13H,1H3,(H,22,23,27)/t13-/m1/s1. The first-order valence-corrected chi connectivity index (χ1v) is 10.9. The lowest BCUT2D eigenvalue weighted by molar-refractivity contribution is -0.384. The van der Waals surface area contributed by atoms with Gasteiger partial charge in [-0.3, -0.25) is 19.5 Å². The summed E-state index contributed by atoms with van der Waals surface area (Å²) in [7, 11) is 0. The highest BCUT2D eigenvalue weighted by Crippen LogP contribution is 2.29. The Bertz CT molecular complexity index is 1220. The number of benzene rings is 2. The number of nitro groups is 1. The van der Waals surface area contributed by atoms with Crippen molar-refractivity contribution in [3.05, 3.63) is 76.4 Å². The number of non-ortho nitro benzene ring substituents is 1. The summed E-state index contributed by atoms with van der Waals surface area (Å²) in [6, 6.07) is 15.8. The average Bonchev–Trinajstić information content (AvgIpc) is 3.44. The van der Waals surface area contributed by atoms with E-state index < -0.39 is 10.2 Å². The van der Waals surface area contributed by atoms with Crippen LogP contribution in [0.4, 0.5) is 10.8 Å². The van der Waals surface area contributed by atoms with Crippen molar-refractivity contribution in [2.75, 3.05) is 5.32 Å². The summed E-state index contributed by atoms with van der Waals surface area (Å²) in [6.45, 7) is 1.78. The van der Waals surface area contributed by atoms with E-state index in [0.29, 0.717) is 21.5 Å². The van der Waals surface area contributed by atoms with Gasteiger partial charge in [0.05, 0.1) is 15.9 Å². The number of amides is 1. The Hall–Kier alpha value is -3.57. The lowest BCUT2D eigenvalue weighted by Gasteiger charge is -2.11. The van der Waals surface area contributed by atoms with Gasteiger partial charge in [-0.2, -0.15) is 0 Å². The molecule has 0 aliphatic carbocycles. The van der Waals surface area contributed by atoms with Crippen molar-refractivity contribution in [2.24, 2.45) is 0 Å². The number of para-hydroxylation sites is 1. The topological polar surface area (TPSA) is 116 Å². The molecule has 11 heteroatoms. The van der Waals surface area contributed by atoms with Gasteiger partial charge in [0.2, 0.25) is 5.91 Å². The number of nitrogens with zero attached hydrogens (tertiary/aromatic N) is 5. The number of hydrogen-bond donors (Lipinski definition) is 1. The quantitative estimate of drug-likeness (QED) is 0.251. The Kier molecular flexibility index (Phi) is 6.05. The van der Waals surface area contributed by atoms with Crippen molar-refractivity contribution in [3.8, 4) is 16.9 Å². The second kappa shape index (κ2) is 9.06. The van der Waals surface area contributed by atoms with Crippen LogP contribution in [0.15, 0.2) is 71.5 Å². The second-order valence-electron chi connectivity index (χ2n) is 6.41. The van der Waals surface area contributed by atoms with E-state index in [9.17, 15) is 14.9 Å². The first-order valence-electron chi connectivity index (χ1n) is 9.14. The number of aromatic nitrogens is 4. The fourth-order valence-electron chi connectivity index (χ4n) is 2.73. The van der Waals surface area contributed by atoms with Crippen LogP contribution in [-0.2, 0) is 4.79 Å². The molecule has 1 amide bonds. The second-order valence-corrected chi connectivity index (χ2v) is 8.58. The summed E-state index contributed by atoms with van der Waals surface area (Å²) in [4.78, 5) is 27.6. The lowest BCUT2D eigenvalue weighted by atomic mass is 10.1. The first-order chi connectivity index (χ1) is 15.0. The predicted octanol–water partition coefficient (Wildman–Crippen LogP) is 4.42. The molecule has 4 aromatic rings. The van der Waals surface area contributed by atoms with Crippen LogP contribution in [0.5, 0.6) is 0 Å². The van der Waals surface area contributed by atoms with Gasteiger partial charge in [0.25, 0.3) is 5.69 Å². The van der Waals surface area contributed by atoms with Gasteiger partial charge in [0, 0.05) is 28.8 Å². The van der Waals surface area contributed by atoms with E-state index in [0.717, 1.165) is 5.69 Å². The van der Waals surface area contributed by atoms with Gasteiger partial charge >= 0.3 is 0 Å². The zero-order valence-electron chi connectivity index (χ0n) is 16.2. The monoisotopic (exact) mass is 452 g/mol. The molecule has 156 valence electrons. The third-order valence-corrected chi connectivity index (χ3v) is 6.10. The number of nitro benzene ring substituents is 1. The van der Waals surface area contributed by atoms with Crippen molar-refractivity contribution in [1.29, 1.82) is 0 Å². The highest BCUT2D eigenvalue weighted by Gasteiger charge is 2.20. The molecular weight excluding hydrogens is 436 g/mol. The van der Waals surface area contributed by atoms with Gasteiger partial charge in [-0.25, -0.2) is 4.98 Å². The number of thioether (sulfide) groups is 1. The van der Waals surface area contributed by atoms with Crippen molar-refractivity contribution in [1.82, 2.24) is 19.7 Å². The summed E-state index contributed by atoms with van der Waals surface area (Å²) >= 11 is 2.54. The van der Waals surface area contributed by atoms with Gasteiger partial charge < -0.3 is 5.32 Å². The van der Waals surface area contributed by atoms with Gasteiger partial charge in [-0.15, -0.1) is 21.5 Å². The minimum absolute atomic E-state index is 0.0105. The van der Waals surface area contributed by atoms with Gasteiger partial charge in [0.15, 0.2) is 10.3 Å². The van der Waals surface area contributed by atoms with Crippen LogP contribution in [0.3, 0.4) is 0 Å². The van der Waals surface area contributed by atoms with E-state index in [1.165, 1.54) is 35.2 Å². The summed E-state index contributed by atoms with van der Waals surface area (Å²) in [5, 5.41) is 24.2. The number of anilines is 1. The summed E-state index contributed by atoms with van der Waals surface area (Å²) in [5.41, 5.74) is 2.07. The third kappa shape index (κ3) is 4.78. The Balaban J connectivity index is 1.43. The molecule has 2 heterocycles. The molecule has 0 aliphatic heterocycles. The molecule has 9 nitrogen and oxygen atoms in total. The molecule has 1 atom stereocenters. The van der Waals surface area contributed by atoms with E-state index in [2.05, 4.69) is 20.5 Å². The smallest absolute Gasteiger partial charge is 0.270 e. The minimum Gasteiger partial charge on any atom is -0.301 e. The number of nitrogens with one attached hydrogen (secondary N) is 1. The number of carbonyl (C=O) groups is 1. The summed E-state index contributed by atoms with van der Waals surface area (Å²) in [6.07, 6.45) is 1.61. The minimum atomic E-state index is -0.453. The van der Waals surface area contributed by atoms with Crippen molar-refractivity contribution < 1.29 is 9.72 Å². The maximum atomic E-state index is 12.7. The molecule has 0 radical (unpaired) electrons. The van der Waals surface area contributed by atoms with E-state index in [4.69, 9.17) is 0 Å². The molecule has 1 N–H and O–H groups in total. The van der Waals surface area contributed by atoms with Crippen LogP contribution in [0.2, 0.25) is 0 Å². The van der Waals surface area contributed by atoms with Crippen molar-refractivity contribution in [2.45, 2.75) is 17.3 Å². The predicted molar refractivity (Wildman–Crippen MR) is 120 cm³/mol. The van der Waals surface area contributed by atoms with Crippen LogP contribution in [-0.4, -0.2) is 35.8 Å². The Morgan fingerprint density at radius 2 is 2.03 bits per heavy atom. The largest absolute Gasteiger partial charge is 0.301 e. The van der Waals surface area contributed by atoms with Gasteiger partial charge in [-0.05, 0) is 19.1 Å². The van der Waals surface area contributed by atoms with E-state index in [1.54, 1.807) is 30.8 Å². The molecule has 31 heavy (non-hydrogen) atoms. The zero-order chi connectivity index (χ0) is 21.8.